The monoisotopic (exact) mass is 304 g/mol. The molecule has 0 atom stereocenters. The molecule has 0 saturated heterocycles. The zero-order valence-corrected chi connectivity index (χ0v) is 11.4. The van der Waals surface area contributed by atoms with Crippen LogP contribution in [0, 0.1) is 12.7 Å². The molecule has 0 aliphatic heterocycles. The van der Waals surface area contributed by atoms with E-state index in [0.29, 0.717) is 0 Å². The van der Waals surface area contributed by atoms with Crippen molar-refractivity contribution in [2.45, 2.75) is 6.92 Å². The van der Waals surface area contributed by atoms with Crippen molar-refractivity contribution in [3.05, 3.63) is 47.9 Å². The minimum atomic E-state index is -0.161. The average molecular weight is 303 g/mol. The number of nitrogens with zero attached hydrogens (tertiary/aromatic N) is 2. The Bertz CT molecular complexity index is 828. The molecule has 0 fully saturated rings. The van der Waals surface area contributed by atoms with Crippen LogP contribution < -0.4 is 0 Å². The SMILES string of the molecule is Cc1ccn2c(c1)nc1c3ccc(F)cc3[se]c12. The molecule has 3 aromatic heterocycles. The van der Waals surface area contributed by atoms with Crippen molar-refractivity contribution in [3.8, 4) is 0 Å². The molecule has 0 spiro atoms. The van der Waals surface area contributed by atoms with Crippen molar-refractivity contribution in [3.63, 3.8) is 0 Å². The van der Waals surface area contributed by atoms with Crippen molar-refractivity contribution in [1.29, 1.82) is 0 Å². The molecule has 0 amide bonds. The molecule has 4 heteroatoms. The summed E-state index contributed by atoms with van der Waals surface area (Å²) in [5.74, 6) is -0.161. The molecule has 4 rings (SSSR count). The Morgan fingerprint density at radius 2 is 2.11 bits per heavy atom. The molecule has 3 heterocycles. The first-order chi connectivity index (χ1) is 8.72. The molecule has 1 aromatic carbocycles. The van der Waals surface area contributed by atoms with E-state index in [1.807, 2.05) is 6.07 Å². The molecule has 2 nitrogen and oxygen atoms in total. The maximum absolute atomic E-state index is 13.2. The van der Waals surface area contributed by atoms with E-state index in [0.717, 1.165) is 20.8 Å². The molecule has 0 aliphatic carbocycles. The van der Waals surface area contributed by atoms with E-state index in [1.54, 1.807) is 6.07 Å². The van der Waals surface area contributed by atoms with Crippen LogP contribution in [0.1, 0.15) is 5.56 Å². The van der Waals surface area contributed by atoms with Crippen molar-refractivity contribution in [2.75, 3.05) is 0 Å². The molecular formula is C14H9FN2Se. The van der Waals surface area contributed by atoms with Gasteiger partial charge in [0.1, 0.15) is 0 Å². The molecule has 18 heavy (non-hydrogen) atoms. The van der Waals surface area contributed by atoms with Gasteiger partial charge in [-0.3, -0.25) is 0 Å². The van der Waals surface area contributed by atoms with Gasteiger partial charge in [-0.1, -0.05) is 0 Å². The van der Waals surface area contributed by atoms with Gasteiger partial charge in [-0.2, -0.15) is 0 Å². The van der Waals surface area contributed by atoms with Crippen molar-refractivity contribution in [1.82, 2.24) is 9.38 Å². The van der Waals surface area contributed by atoms with Crippen LogP contribution in [0.25, 0.3) is 25.2 Å². The fourth-order valence-electron chi connectivity index (χ4n) is 2.28. The fraction of sp³-hybridized carbons (Fsp3) is 0.0714. The van der Waals surface area contributed by atoms with Crippen LogP contribution >= 0.6 is 0 Å². The molecular weight excluding hydrogens is 294 g/mol. The molecule has 4 aromatic rings. The first kappa shape index (κ1) is 10.3. The van der Waals surface area contributed by atoms with E-state index < -0.39 is 0 Å². The van der Waals surface area contributed by atoms with Crippen LogP contribution in [-0.2, 0) is 0 Å². The third-order valence-electron chi connectivity index (χ3n) is 3.14. The van der Waals surface area contributed by atoms with Crippen LogP contribution in [-0.4, -0.2) is 23.9 Å². The molecule has 0 N–H and O–H groups in total. The van der Waals surface area contributed by atoms with Gasteiger partial charge in [0, 0.05) is 0 Å². The van der Waals surface area contributed by atoms with Crippen LogP contribution in [0.15, 0.2) is 36.5 Å². The number of rotatable bonds is 0. The second kappa shape index (κ2) is 3.44. The number of benzene rings is 1. The fourth-order valence-corrected chi connectivity index (χ4v) is 4.71. The first-order valence-electron chi connectivity index (χ1n) is 5.69. The van der Waals surface area contributed by atoms with E-state index >= 15 is 0 Å². The second-order valence-electron chi connectivity index (χ2n) is 4.44. The van der Waals surface area contributed by atoms with E-state index in [-0.39, 0.29) is 20.3 Å². The van der Waals surface area contributed by atoms with Gasteiger partial charge in [-0.25, -0.2) is 0 Å². The standard InChI is InChI=1S/C14H9FN2Se/c1-8-4-5-17-12(6-8)16-13-10-3-2-9(15)7-11(10)18-14(13)17/h2-7H,1H3. The topological polar surface area (TPSA) is 17.3 Å². The summed E-state index contributed by atoms with van der Waals surface area (Å²) in [4.78, 5) is 4.68. The number of imidazole rings is 1. The van der Waals surface area contributed by atoms with Crippen molar-refractivity contribution in [2.24, 2.45) is 0 Å². The second-order valence-corrected chi connectivity index (χ2v) is 6.60. The Labute approximate surface area is 108 Å². The predicted octanol–water partition coefficient (Wildman–Crippen LogP) is 3.15. The summed E-state index contributed by atoms with van der Waals surface area (Å²) in [5.41, 5.74) is 3.21. The number of aryl methyl sites for hydroxylation is 1. The van der Waals surface area contributed by atoms with Gasteiger partial charge in [0.2, 0.25) is 0 Å². The van der Waals surface area contributed by atoms with E-state index in [4.69, 9.17) is 0 Å². The van der Waals surface area contributed by atoms with Gasteiger partial charge in [-0.15, -0.1) is 0 Å². The Morgan fingerprint density at radius 3 is 3.00 bits per heavy atom. The molecule has 0 unspecified atom stereocenters. The van der Waals surface area contributed by atoms with Gasteiger partial charge in [0.25, 0.3) is 0 Å². The van der Waals surface area contributed by atoms with Gasteiger partial charge in [0.05, 0.1) is 0 Å². The summed E-state index contributed by atoms with van der Waals surface area (Å²) in [6.45, 7) is 2.06. The summed E-state index contributed by atoms with van der Waals surface area (Å²) in [5, 5.41) is 1.09. The van der Waals surface area contributed by atoms with Gasteiger partial charge >= 0.3 is 108 Å². The first-order valence-corrected chi connectivity index (χ1v) is 7.40. The number of aromatic nitrogens is 2. The zero-order chi connectivity index (χ0) is 12.3. The normalized spacial score (nSPS) is 11.9. The third kappa shape index (κ3) is 1.30. The summed E-state index contributed by atoms with van der Waals surface area (Å²) >= 11 is 0.140. The summed E-state index contributed by atoms with van der Waals surface area (Å²) in [6.07, 6.45) is 2.06. The summed E-state index contributed by atoms with van der Waals surface area (Å²) in [6, 6.07) is 9.15. The number of halogens is 1. The summed E-state index contributed by atoms with van der Waals surface area (Å²) < 4.78 is 17.7. The quantitative estimate of drug-likeness (QED) is 0.456. The number of hydrogen-bond donors (Lipinski definition) is 0. The van der Waals surface area contributed by atoms with Crippen LogP contribution in [0.4, 0.5) is 4.39 Å². The number of hydrogen-bond acceptors (Lipinski definition) is 1. The summed E-state index contributed by atoms with van der Waals surface area (Å²) in [7, 11) is 0. The number of fused-ring (bicyclic) bond motifs is 5. The van der Waals surface area contributed by atoms with Gasteiger partial charge < -0.3 is 0 Å². The third-order valence-corrected chi connectivity index (χ3v) is 5.54. The van der Waals surface area contributed by atoms with Gasteiger partial charge in [0.15, 0.2) is 0 Å². The molecule has 0 radical (unpaired) electrons. The Morgan fingerprint density at radius 1 is 1.22 bits per heavy atom. The molecule has 88 valence electrons. The maximum atomic E-state index is 13.2. The molecule has 0 bridgehead atoms. The van der Waals surface area contributed by atoms with Gasteiger partial charge in [-0.05, 0) is 0 Å². The number of pyridine rings is 1. The zero-order valence-electron chi connectivity index (χ0n) is 9.64. The van der Waals surface area contributed by atoms with Crippen LogP contribution in [0.2, 0.25) is 0 Å². The van der Waals surface area contributed by atoms with Crippen LogP contribution in [0.3, 0.4) is 0 Å². The Balaban J connectivity index is 2.23. The van der Waals surface area contributed by atoms with Crippen molar-refractivity contribution >= 4 is 39.7 Å². The van der Waals surface area contributed by atoms with E-state index in [1.165, 1.54) is 16.0 Å². The predicted molar refractivity (Wildman–Crippen MR) is 71.8 cm³/mol. The molecule has 0 aliphatic rings. The van der Waals surface area contributed by atoms with E-state index in [9.17, 15) is 4.39 Å². The van der Waals surface area contributed by atoms with Crippen molar-refractivity contribution < 1.29 is 4.39 Å². The average Bonchev–Trinajstić information content (AvgIpc) is 2.83. The van der Waals surface area contributed by atoms with Crippen LogP contribution in [0.5, 0.6) is 0 Å². The Kier molecular flexibility index (Phi) is 1.97. The molecule has 0 saturated carbocycles. The minimum absolute atomic E-state index is 0.140. The van der Waals surface area contributed by atoms with E-state index in [2.05, 4.69) is 34.6 Å². The Hall–Kier alpha value is -1.64.